The minimum absolute atomic E-state index is 0.0520. The Morgan fingerprint density at radius 3 is 2.92 bits per heavy atom. The van der Waals surface area contributed by atoms with Crippen LogP contribution in [-0.4, -0.2) is 26.2 Å². The van der Waals surface area contributed by atoms with Crippen molar-refractivity contribution in [1.29, 1.82) is 0 Å². The summed E-state index contributed by atoms with van der Waals surface area (Å²) in [6.07, 6.45) is 1.52. The molecule has 0 saturated carbocycles. The molecule has 0 aliphatic carbocycles. The number of fused-ring (bicyclic) bond motifs is 1. The smallest absolute Gasteiger partial charge is 0.226 e. The molecule has 1 amide bonds. The van der Waals surface area contributed by atoms with Crippen LogP contribution in [0.5, 0.6) is 11.5 Å². The van der Waals surface area contributed by atoms with Gasteiger partial charge in [0, 0.05) is 6.54 Å². The van der Waals surface area contributed by atoms with E-state index in [1.54, 1.807) is 7.11 Å². The Morgan fingerprint density at radius 1 is 1.29 bits per heavy atom. The van der Waals surface area contributed by atoms with Gasteiger partial charge in [-0.1, -0.05) is 42.0 Å². The summed E-state index contributed by atoms with van der Waals surface area (Å²) in [7, 11) is 1.63. The molecule has 2 aromatic rings. The van der Waals surface area contributed by atoms with E-state index in [4.69, 9.17) is 9.47 Å². The minimum atomic E-state index is -0.151. The predicted molar refractivity (Wildman–Crippen MR) is 93.6 cm³/mol. The lowest BCUT2D eigenvalue weighted by atomic mass is 9.95. The van der Waals surface area contributed by atoms with Crippen molar-refractivity contribution < 1.29 is 14.3 Å². The molecule has 1 N–H and O–H groups in total. The number of hydrogen-bond donors (Lipinski definition) is 1. The summed E-state index contributed by atoms with van der Waals surface area (Å²) >= 11 is 0. The van der Waals surface area contributed by atoms with E-state index in [2.05, 4.69) is 30.4 Å². The summed E-state index contributed by atoms with van der Waals surface area (Å²) in [4.78, 5) is 12.4. The molecule has 4 heteroatoms. The Morgan fingerprint density at radius 2 is 2.12 bits per heavy atom. The number of rotatable bonds is 5. The predicted octanol–water partition coefficient (Wildman–Crippen LogP) is 2.91. The van der Waals surface area contributed by atoms with Crippen LogP contribution in [0.1, 0.15) is 16.7 Å². The molecule has 1 aliphatic heterocycles. The summed E-state index contributed by atoms with van der Waals surface area (Å²) in [5, 5.41) is 3.03. The molecule has 4 nitrogen and oxygen atoms in total. The Balaban J connectivity index is 1.54. The van der Waals surface area contributed by atoms with Crippen molar-refractivity contribution >= 4 is 5.91 Å². The largest absolute Gasteiger partial charge is 0.493 e. The van der Waals surface area contributed by atoms with Crippen molar-refractivity contribution in [2.75, 3.05) is 20.3 Å². The van der Waals surface area contributed by atoms with Crippen LogP contribution in [-0.2, 0) is 17.6 Å². The Hall–Kier alpha value is -2.49. The second-order valence-electron chi connectivity index (χ2n) is 6.19. The Kier molecular flexibility index (Phi) is 5.04. The van der Waals surface area contributed by atoms with Crippen LogP contribution in [0.2, 0.25) is 0 Å². The third-order valence-electron chi connectivity index (χ3n) is 4.34. The molecule has 2 aromatic carbocycles. The number of methoxy groups -OCH3 is 1. The van der Waals surface area contributed by atoms with Crippen molar-refractivity contribution in [2.45, 2.75) is 19.8 Å². The van der Waals surface area contributed by atoms with Crippen molar-refractivity contribution in [3.63, 3.8) is 0 Å². The third-order valence-corrected chi connectivity index (χ3v) is 4.34. The van der Waals surface area contributed by atoms with Gasteiger partial charge in [-0.05, 0) is 37.0 Å². The van der Waals surface area contributed by atoms with Crippen molar-refractivity contribution in [1.82, 2.24) is 5.32 Å². The van der Waals surface area contributed by atoms with E-state index in [1.807, 2.05) is 24.3 Å². The van der Waals surface area contributed by atoms with Crippen molar-refractivity contribution in [3.8, 4) is 11.5 Å². The highest BCUT2D eigenvalue weighted by Gasteiger charge is 2.27. The lowest BCUT2D eigenvalue weighted by molar-refractivity contribution is -0.126. The van der Waals surface area contributed by atoms with E-state index in [-0.39, 0.29) is 11.8 Å². The Labute approximate surface area is 142 Å². The molecule has 0 fully saturated rings. The number of aryl methyl sites for hydroxylation is 1. The fourth-order valence-corrected chi connectivity index (χ4v) is 3.07. The second-order valence-corrected chi connectivity index (χ2v) is 6.19. The molecule has 24 heavy (non-hydrogen) atoms. The molecule has 126 valence electrons. The maximum Gasteiger partial charge on any atom is 0.226 e. The number of benzene rings is 2. The highest BCUT2D eigenvalue weighted by molar-refractivity contribution is 5.79. The summed E-state index contributed by atoms with van der Waals surface area (Å²) in [6, 6.07) is 14.2. The van der Waals surface area contributed by atoms with E-state index in [0.29, 0.717) is 19.6 Å². The maximum absolute atomic E-state index is 12.4. The second kappa shape index (κ2) is 7.39. The number of carbonyl (C=O) groups is 1. The molecule has 1 atom stereocenters. The van der Waals surface area contributed by atoms with E-state index in [1.165, 1.54) is 11.1 Å². The first-order chi connectivity index (χ1) is 11.7. The molecular formula is C20H23NO3. The van der Waals surface area contributed by atoms with Gasteiger partial charge in [-0.2, -0.15) is 0 Å². The van der Waals surface area contributed by atoms with Gasteiger partial charge in [-0.15, -0.1) is 0 Å². The SMILES string of the molecule is COc1cccc2c1OC[C@@H](C(=O)NCCc1cccc(C)c1)C2. The number of amides is 1. The van der Waals surface area contributed by atoms with Crippen LogP contribution >= 0.6 is 0 Å². The molecule has 1 aliphatic rings. The summed E-state index contributed by atoms with van der Waals surface area (Å²) in [5.74, 6) is 1.40. The fourth-order valence-electron chi connectivity index (χ4n) is 3.07. The van der Waals surface area contributed by atoms with Gasteiger partial charge in [0.15, 0.2) is 11.5 Å². The molecule has 0 radical (unpaired) electrons. The first kappa shape index (κ1) is 16.4. The number of nitrogens with one attached hydrogen (secondary N) is 1. The highest BCUT2D eigenvalue weighted by Crippen LogP contribution is 2.35. The van der Waals surface area contributed by atoms with Gasteiger partial charge in [0.2, 0.25) is 5.91 Å². The molecule has 0 unspecified atom stereocenters. The average molecular weight is 325 g/mol. The fraction of sp³-hybridized carbons (Fsp3) is 0.350. The van der Waals surface area contributed by atoms with Crippen LogP contribution in [0.15, 0.2) is 42.5 Å². The molecule has 0 bridgehead atoms. The highest BCUT2D eigenvalue weighted by atomic mass is 16.5. The maximum atomic E-state index is 12.4. The van der Waals surface area contributed by atoms with Crippen LogP contribution < -0.4 is 14.8 Å². The van der Waals surface area contributed by atoms with E-state index >= 15 is 0 Å². The van der Waals surface area contributed by atoms with Gasteiger partial charge in [0.25, 0.3) is 0 Å². The normalized spacial score (nSPS) is 16.0. The molecule has 3 rings (SSSR count). The number of para-hydroxylation sites is 1. The lowest BCUT2D eigenvalue weighted by Crippen LogP contribution is -2.38. The van der Waals surface area contributed by atoms with Crippen LogP contribution in [0, 0.1) is 12.8 Å². The first-order valence-corrected chi connectivity index (χ1v) is 8.29. The van der Waals surface area contributed by atoms with E-state index < -0.39 is 0 Å². The molecule has 0 aromatic heterocycles. The van der Waals surface area contributed by atoms with Crippen molar-refractivity contribution in [2.24, 2.45) is 5.92 Å². The zero-order valence-corrected chi connectivity index (χ0v) is 14.2. The third kappa shape index (κ3) is 3.70. The summed E-state index contributed by atoms with van der Waals surface area (Å²) in [5.41, 5.74) is 3.51. The quantitative estimate of drug-likeness (QED) is 0.919. The summed E-state index contributed by atoms with van der Waals surface area (Å²) in [6.45, 7) is 3.11. The number of hydrogen-bond acceptors (Lipinski definition) is 3. The van der Waals surface area contributed by atoms with Crippen LogP contribution in [0.3, 0.4) is 0 Å². The molecule has 1 heterocycles. The van der Waals surface area contributed by atoms with Gasteiger partial charge in [0.1, 0.15) is 6.61 Å². The Bertz CT molecular complexity index is 727. The summed E-state index contributed by atoms with van der Waals surface area (Å²) < 4.78 is 11.1. The standard InChI is InChI=1S/C20H23NO3/c1-14-5-3-6-15(11-14)9-10-21-20(22)17-12-16-7-4-8-18(23-2)19(16)24-13-17/h3-8,11,17H,9-10,12-13H2,1-2H3,(H,21,22)/t17-/m0/s1. The van der Waals surface area contributed by atoms with Gasteiger partial charge in [-0.3, -0.25) is 4.79 Å². The van der Waals surface area contributed by atoms with Gasteiger partial charge >= 0.3 is 0 Å². The van der Waals surface area contributed by atoms with E-state index in [9.17, 15) is 4.79 Å². The topological polar surface area (TPSA) is 47.6 Å². The average Bonchev–Trinajstić information content (AvgIpc) is 2.60. The molecule has 0 spiro atoms. The zero-order chi connectivity index (χ0) is 16.9. The lowest BCUT2D eigenvalue weighted by Gasteiger charge is -2.25. The van der Waals surface area contributed by atoms with Gasteiger partial charge in [-0.25, -0.2) is 0 Å². The molecular weight excluding hydrogens is 302 g/mol. The number of ether oxygens (including phenoxy) is 2. The monoisotopic (exact) mass is 325 g/mol. The van der Waals surface area contributed by atoms with E-state index in [0.717, 1.165) is 23.5 Å². The van der Waals surface area contributed by atoms with Crippen LogP contribution in [0.25, 0.3) is 0 Å². The first-order valence-electron chi connectivity index (χ1n) is 8.29. The zero-order valence-electron chi connectivity index (χ0n) is 14.2. The van der Waals surface area contributed by atoms with Gasteiger partial charge in [0.05, 0.1) is 13.0 Å². The van der Waals surface area contributed by atoms with Crippen molar-refractivity contribution in [3.05, 3.63) is 59.2 Å². The number of carbonyl (C=O) groups excluding carboxylic acids is 1. The van der Waals surface area contributed by atoms with Gasteiger partial charge < -0.3 is 14.8 Å². The van der Waals surface area contributed by atoms with Crippen LogP contribution in [0.4, 0.5) is 0 Å². The minimum Gasteiger partial charge on any atom is -0.493 e. The molecule has 0 saturated heterocycles.